The zero-order chi connectivity index (χ0) is 39.5. The van der Waals surface area contributed by atoms with Gasteiger partial charge >= 0.3 is 23.9 Å². The number of unbranched alkanes of at least 4 members (excludes halogenated alkanes) is 9. The second kappa shape index (κ2) is 35.3. The number of hydrogen-bond acceptors (Lipinski definition) is 13. The van der Waals surface area contributed by atoms with E-state index in [4.69, 9.17) is 28.4 Å². The average Bonchev–Trinajstić information content (AvgIpc) is 3.12. The fraction of sp³-hybridized carbons (Fsp3) is 0.872. The summed E-state index contributed by atoms with van der Waals surface area (Å²) in [6, 6.07) is 0. The summed E-state index contributed by atoms with van der Waals surface area (Å²) in [6.45, 7) is 5.77. The van der Waals surface area contributed by atoms with E-state index in [0.717, 1.165) is 64.3 Å². The molecule has 0 spiro atoms. The quantitative estimate of drug-likeness (QED) is 0.0371. The van der Waals surface area contributed by atoms with Crippen LogP contribution >= 0.6 is 11.8 Å². The van der Waals surface area contributed by atoms with Gasteiger partial charge in [-0.25, -0.2) is 0 Å². The minimum Gasteiger partial charge on any atom is -0.462 e. The molecule has 310 valence electrons. The Balaban J connectivity index is 4.89. The van der Waals surface area contributed by atoms with Gasteiger partial charge in [0.15, 0.2) is 12.2 Å². The molecule has 2 unspecified atom stereocenters. The van der Waals surface area contributed by atoms with Crippen LogP contribution in [0.1, 0.15) is 129 Å². The van der Waals surface area contributed by atoms with Crippen LogP contribution in [0.5, 0.6) is 0 Å². The molecule has 53 heavy (non-hydrogen) atoms. The standard InChI is InChI=1S/C39H72N2O11S/c1-7-9-11-13-15-17-22-36(43)50-32-34(30-48-6)52-38(45)24-19-27-41(39(46)53-28-20-25-40(3)4)26-18-23-37(44)51-33(29-47-5)31-49-35(42)21-16-14-12-10-8-2/h33-34H,7-32H2,1-6H3. The van der Waals surface area contributed by atoms with Crippen molar-refractivity contribution in [1.29, 1.82) is 0 Å². The van der Waals surface area contributed by atoms with Gasteiger partial charge < -0.3 is 38.2 Å². The SMILES string of the molecule is CCCCCCCCC(=O)OCC(COC)OC(=O)CCCN(CCCC(=O)OC(COC)COC(=O)CCCCCCC)C(=O)SCCCN(C)C. The Morgan fingerprint density at radius 2 is 0.925 bits per heavy atom. The molecule has 0 N–H and O–H groups in total. The number of rotatable bonds is 35. The zero-order valence-electron chi connectivity index (χ0n) is 33.8. The molecule has 0 aliphatic heterocycles. The minimum atomic E-state index is -0.724. The average molecular weight is 777 g/mol. The Morgan fingerprint density at radius 3 is 1.34 bits per heavy atom. The molecule has 0 aromatic heterocycles. The molecular weight excluding hydrogens is 704 g/mol. The van der Waals surface area contributed by atoms with E-state index in [-0.39, 0.29) is 56.4 Å². The van der Waals surface area contributed by atoms with Crippen LogP contribution in [0.3, 0.4) is 0 Å². The van der Waals surface area contributed by atoms with Crippen LogP contribution in [-0.4, -0.2) is 131 Å². The van der Waals surface area contributed by atoms with Crippen molar-refractivity contribution >= 4 is 40.9 Å². The summed E-state index contributed by atoms with van der Waals surface area (Å²) < 4.78 is 32.1. The molecule has 0 saturated heterocycles. The Kier molecular flexibility index (Phi) is 33.7. The Morgan fingerprint density at radius 1 is 0.509 bits per heavy atom. The van der Waals surface area contributed by atoms with Crippen molar-refractivity contribution in [3.05, 3.63) is 0 Å². The van der Waals surface area contributed by atoms with Crippen molar-refractivity contribution in [2.45, 2.75) is 142 Å². The molecule has 1 amide bonds. The summed E-state index contributed by atoms with van der Waals surface area (Å²) in [7, 11) is 6.92. The van der Waals surface area contributed by atoms with Gasteiger partial charge in [0.2, 0.25) is 0 Å². The third-order valence-electron chi connectivity index (χ3n) is 8.23. The molecule has 14 heteroatoms. The van der Waals surface area contributed by atoms with Gasteiger partial charge in [0.05, 0.1) is 13.2 Å². The first kappa shape index (κ1) is 50.6. The largest absolute Gasteiger partial charge is 0.462 e. The fourth-order valence-corrected chi connectivity index (χ4v) is 6.10. The van der Waals surface area contributed by atoms with Gasteiger partial charge in [0.25, 0.3) is 5.24 Å². The molecule has 0 heterocycles. The number of hydrogen-bond donors (Lipinski definition) is 0. The first-order valence-electron chi connectivity index (χ1n) is 19.8. The summed E-state index contributed by atoms with van der Waals surface area (Å²) in [5.41, 5.74) is 0. The highest BCUT2D eigenvalue weighted by Gasteiger charge is 2.21. The van der Waals surface area contributed by atoms with Crippen molar-refractivity contribution in [3.8, 4) is 0 Å². The predicted molar refractivity (Wildman–Crippen MR) is 208 cm³/mol. The molecule has 2 atom stereocenters. The van der Waals surface area contributed by atoms with E-state index < -0.39 is 24.1 Å². The lowest BCUT2D eigenvalue weighted by Crippen LogP contribution is -2.33. The summed E-state index contributed by atoms with van der Waals surface area (Å²) in [6.07, 6.45) is 12.4. The van der Waals surface area contributed by atoms with Gasteiger partial charge in [0.1, 0.15) is 13.2 Å². The molecule has 0 aromatic carbocycles. The van der Waals surface area contributed by atoms with Gasteiger partial charge in [-0.15, -0.1) is 0 Å². The predicted octanol–water partition coefficient (Wildman–Crippen LogP) is 6.97. The highest BCUT2D eigenvalue weighted by molar-refractivity contribution is 8.13. The van der Waals surface area contributed by atoms with Crippen LogP contribution < -0.4 is 0 Å². The number of carbonyl (C=O) groups excluding carboxylic acids is 5. The number of esters is 4. The summed E-state index contributed by atoms with van der Waals surface area (Å²) in [5, 5.41) is -0.126. The summed E-state index contributed by atoms with van der Waals surface area (Å²) >= 11 is 1.21. The normalized spacial score (nSPS) is 12.3. The lowest BCUT2D eigenvalue weighted by atomic mass is 10.1. The Labute approximate surface area is 324 Å². The molecule has 0 aliphatic rings. The van der Waals surface area contributed by atoms with Crippen molar-refractivity contribution in [2.24, 2.45) is 0 Å². The van der Waals surface area contributed by atoms with Crippen molar-refractivity contribution in [1.82, 2.24) is 9.80 Å². The fourth-order valence-electron chi connectivity index (χ4n) is 5.29. The lowest BCUT2D eigenvalue weighted by molar-refractivity contribution is -0.162. The minimum absolute atomic E-state index is 0.0545. The zero-order valence-corrected chi connectivity index (χ0v) is 34.6. The van der Waals surface area contributed by atoms with Crippen LogP contribution in [0.25, 0.3) is 0 Å². The van der Waals surface area contributed by atoms with Crippen LogP contribution in [0.4, 0.5) is 4.79 Å². The monoisotopic (exact) mass is 776 g/mol. The third kappa shape index (κ3) is 31.6. The molecular formula is C39H72N2O11S. The van der Waals surface area contributed by atoms with E-state index in [2.05, 4.69) is 18.7 Å². The number of carbonyl (C=O) groups is 5. The van der Waals surface area contributed by atoms with Crippen LogP contribution in [0.15, 0.2) is 0 Å². The van der Waals surface area contributed by atoms with E-state index in [9.17, 15) is 24.0 Å². The summed E-state index contributed by atoms with van der Waals surface area (Å²) in [5.74, 6) is -0.954. The molecule has 0 radical (unpaired) electrons. The van der Waals surface area contributed by atoms with E-state index >= 15 is 0 Å². The molecule has 0 fully saturated rings. The van der Waals surface area contributed by atoms with Crippen molar-refractivity contribution < 1.29 is 52.4 Å². The molecule has 0 aliphatic carbocycles. The molecule has 0 rings (SSSR count). The maximum atomic E-state index is 13.1. The number of amides is 1. The van der Waals surface area contributed by atoms with E-state index in [0.29, 0.717) is 44.5 Å². The highest BCUT2D eigenvalue weighted by Crippen LogP contribution is 2.15. The lowest BCUT2D eigenvalue weighted by Gasteiger charge is -2.23. The van der Waals surface area contributed by atoms with Gasteiger partial charge in [0, 0.05) is 58.7 Å². The first-order chi connectivity index (χ1) is 25.6. The molecule has 0 saturated carbocycles. The second-order valence-corrected chi connectivity index (χ2v) is 14.7. The van der Waals surface area contributed by atoms with Gasteiger partial charge in [-0.05, 0) is 52.7 Å². The highest BCUT2D eigenvalue weighted by atomic mass is 32.2. The second-order valence-electron chi connectivity index (χ2n) is 13.6. The van der Waals surface area contributed by atoms with Crippen molar-refractivity contribution in [2.75, 3.05) is 80.1 Å². The van der Waals surface area contributed by atoms with Gasteiger partial charge in [-0.3, -0.25) is 24.0 Å². The van der Waals surface area contributed by atoms with Gasteiger partial charge in [-0.2, -0.15) is 0 Å². The molecule has 13 nitrogen and oxygen atoms in total. The number of ether oxygens (including phenoxy) is 6. The Bertz CT molecular complexity index is 970. The van der Waals surface area contributed by atoms with E-state index in [1.165, 1.54) is 45.2 Å². The van der Waals surface area contributed by atoms with E-state index in [1.54, 1.807) is 4.90 Å². The molecule has 0 bridgehead atoms. The number of thioether (sulfide) groups is 1. The molecule has 0 aromatic rings. The first-order valence-corrected chi connectivity index (χ1v) is 20.8. The topological polar surface area (TPSA) is 147 Å². The van der Waals surface area contributed by atoms with Crippen molar-refractivity contribution in [3.63, 3.8) is 0 Å². The third-order valence-corrected chi connectivity index (χ3v) is 9.23. The maximum absolute atomic E-state index is 13.1. The number of nitrogens with zero attached hydrogens (tertiary/aromatic N) is 2. The van der Waals surface area contributed by atoms with E-state index in [1.807, 2.05) is 14.1 Å². The summed E-state index contributed by atoms with van der Waals surface area (Å²) in [4.78, 5) is 66.6. The maximum Gasteiger partial charge on any atom is 0.306 e. The van der Waals surface area contributed by atoms with Gasteiger partial charge in [-0.1, -0.05) is 83.4 Å². The Hall–Kier alpha value is -2.42. The van der Waals surface area contributed by atoms with Crippen LogP contribution in [-0.2, 0) is 47.6 Å². The smallest absolute Gasteiger partial charge is 0.306 e. The van der Waals surface area contributed by atoms with Crippen LogP contribution in [0.2, 0.25) is 0 Å². The van der Waals surface area contributed by atoms with Crippen LogP contribution in [0, 0.1) is 0 Å². The number of methoxy groups -OCH3 is 2.